The lowest BCUT2D eigenvalue weighted by Crippen LogP contribution is -2.15. The number of aromatic carboxylic acids is 1. The Morgan fingerprint density at radius 2 is 2.11 bits per heavy atom. The molecule has 2 aromatic rings. The Balaban J connectivity index is 2.05. The summed E-state index contributed by atoms with van der Waals surface area (Å²) in [6.45, 7) is 0. The molecule has 0 spiro atoms. The van der Waals surface area contributed by atoms with Crippen LogP contribution in [0.3, 0.4) is 0 Å². The number of nitrogens with one attached hydrogen (secondary N) is 1. The van der Waals surface area contributed by atoms with Gasteiger partial charge < -0.3 is 10.4 Å². The molecule has 1 amide bonds. The predicted molar refractivity (Wildman–Crippen MR) is 75.1 cm³/mol. The zero-order chi connectivity index (χ0) is 13.8. The van der Waals surface area contributed by atoms with Gasteiger partial charge in [0, 0.05) is 5.02 Å². The smallest absolute Gasteiger partial charge is 0.338 e. The Kier molecular flexibility index (Phi) is 4.19. The molecule has 0 radical (unpaired) electrons. The molecule has 19 heavy (non-hydrogen) atoms. The standard InChI is InChI=1S/C13H10ClNO3S/c14-9-3-1-2-8(6-9)7-11(16)15-12-10(13(17)18)4-5-19-12/h1-6H,7H2,(H,15,16)(H,17,18). The molecule has 0 bridgehead atoms. The van der Waals surface area contributed by atoms with E-state index in [1.54, 1.807) is 29.6 Å². The Morgan fingerprint density at radius 3 is 2.79 bits per heavy atom. The number of thiophene rings is 1. The SMILES string of the molecule is O=C(Cc1cccc(Cl)c1)Nc1sccc1C(=O)O. The van der Waals surface area contributed by atoms with E-state index in [2.05, 4.69) is 5.32 Å². The lowest BCUT2D eigenvalue weighted by Gasteiger charge is -2.04. The van der Waals surface area contributed by atoms with Gasteiger partial charge in [-0.1, -0.05) is 23.7 Å². The average molecular weight is 296 g/mol. The van der Waals surface area contributed by atoms with E-state index < -0.39 is 5.97 Å². The van der Waals surface area contributed by atoms with Crippen LogP contribution in [0.2, 0.25) is 5.02 Å². The zero-order valence-corrected chi connectivity index (χ0v) is 11.3. The topological polar surface area (TPSA) is 66.4 Å². The second-order valence-corrected chi connectivity index (χ2v) is 5.18. The molecule has 0 aliphatic rings. The second kappa shape index (κ2) is 5.86. The Morgan fingerprint density at radius 1 is 1.32 bits per heavy atom. The van der Waals surface area contributed by atoms with E-state index in [0.717, 1.165) is 5.56 Å². The molecule has 0 unspecified atom stereocenters. The summed E-state index contributed by atoms with van der Waals surface area (Å²) in [7, 11) is 0. The van der Waals surface area contributed by atoms with E-state index in [1.807, 2.05) is 0 Å². The van der Waals surface area contributed by atoms with Crippen LogP contribution in [0.5, 0.6) is 0 Å². The number of carboxylic acid groups (broad SMARTS) is 1. The molecule has 4 nitrogen and oxygen atoms in total. The molecule has 0 fully saturated rings. The highest BCUT2D eigenvalue weighted by molar-refractivity contribution is 7.14. The molecule has 1 heterocycles. The highest BCUT2D eigenvalue weighted by Gasteiger charge is 2.14. The Bertz CT molecular complexity index is 624. The number of hydrogen-bond donors (Lipinski definition) is 2. The fourth-order valence-corrected chi connectivity index (χ4v) is 2.59. The molecule has 1 aromatic heterocycles. The number of carboxylic acids is 1. The summed E-state index contributed by atoms with van der Waals surface area (Å²) < 4.78 is 0. The predicted octanol–water partition coefficient (Wildman–Crippen LogP) is 3.28. The van der Waals surface area contributed by atoms with Crippen LogP contribution >= 0.6 is 22.9 Å². The van der Waals surface area contributed by atoms with Crippen LogP contribution in [-0.4, -0.2) is 17.0 Å². The van der Waals surface area contributed by atoms with Gasteiger partial charge in [-0.3, -0.25) is 4.79 Å². The molecule has 1 aromatic carbocycles. The van der Waals surface area contributed by atoms with Crippen LogP contribution in [0, 0.1) is 0 Å². The van der Waals surface area contributed by atoms with Crippen LogP contribution in [0.4, 0.5) is 5.00 Å². The summed E-state index contributed by atoms with van der Waals surface area (Å²) in [5, 5.41) is 14.1. The zero-order valence-electron chi connectivity index (χ0n) is 9.72. The summed E-state index contributed by atoms with van der Waals surface area (Å²) in [5.41, 5.74) is 0.878. The van der Waals surface area contributed by atoms with E-state index in [0.29, 0.717) is 10.0 Å². The molecule has 2 rings (SSSR count). The lowest BCUT2D eigenvalue weighted by molar-refractivity contribution is -0.115. The first-order chi connectivity index (χ1) is 9.06. The maximum atomic E-state index is 11.8. The molecule has 0 saturated heterocycles. The number of halogens is 1. The highest BCUT2D eigenvalue weighted by Crippen LogP contribution is 2.23. The number of carbonyl (C=O) groups is 2. The summed E-state index contributed by atoms with van der Waals surface area (Å²) in [4.78, 5) is 22.7. The van der Waals surface area contributed by atoms with Gasteiger partial charge in [-0.15, -0.1) is 11.3 Å². The minimum Gasteiger partial charge on any atom is -0.478 e. The van der Waals surface area contributed by atoms with E-state index in [1.165, 1.54) is 17.4 Å². The van der Waals surface area contributed by atoms with Crippen molar-refractivity contribution in [2.24, 2.45) is 0 Å². The summed E-state index contributed by atoms with van der Waals surface area (Å²) in [6, 6.07) is 8.44. The first-order valence-corrected chi connectivity index (χ1v) is 6.67. The quantitative estimate of drug-likeness (QED) is 0.909. The number of hydrogen-bond acceptors (Lipinski definition) is 3. The van der Waals surface area contributed by atoms with Crippen LogP contribution < -0.4 is 5.32 Å². The normalized spacial score (nSPS) is 10.2. The van der Waals surface area contributed by atoms with Crippen molar-refractivity contribution in [1.29, 1.82) is 0 Å². The third kappa shape index (κ3) is 3.56. The second-order valence-electron chi connectivity index (χ2n) is 3.82. The van der Waals surface area contributed by atoms with Crippen molar-refractivity contribution < 1.29 is 14.7 Å². The van der Waals surface area contributed by atoms with Crippen molar-refractivity contribution in [1.82, 2.24) is 0 Å². The van der Waals surface area contributed by atoms with Gasteiger partial charge in [-0.05, 0) is 29.1 Å². The van der Waals surface area contributed by atoms with Gasteiger partial charge >= 0.3 is 5.97 Å². The van der Waals surface area contributed by atoms with Crippen molar-refractivity contribution in [3.8, 4) is 0 Å². The molecule has 0 atom stereocenters. The monoisotopic (exact) mass is 295 g/mol. The minimum atomic E-state index is -1.06. The average Bonchev–Trinajstić information content (AvgIpc) is 2.76. The van der Waals surface area contributed by atoms with Crippen molar-refractivity contribution in [3.63, 3.8) is 0 Å². The molecule has 0 aliphatic heterocycles. The van der Waals surface area contributed by atoms with Crippen molar-refractivity contribution >= 4 is 39.8 Å². The van der Waals surface area contributed by atoms with E-state index in [4.69, 9.17) is 16.7 Å². The number of amides is 1. The third-order valence-corrected chi connectivity index (χ3v) is 3.47. The molecule has 6 heteroatoms. The van der Waals surface area contributed by atoms with E-state index >= 15 is 0 Å². The Hall–Kier alpha value is -1.85. The van der Waals surface area contributed by atoms with E-state index in [9.17, 15) is 9.59 Å². The van der Waals surface area contributed by atoms with Crippen molar-refractivity contribution in [2.45, 2.75) is 6.42 Å². The van der Waals surface area contributed by atoms with Crippen molar-refractivity contribution in [2.75, 3.05) is 5.32 Å². The fourth-order valence-electron chi connectivity index (χ4n) is 1.58. The summed E-state index contributed by atoms with van der Waals surface area (Å²) in [6.07, 6.45) is 0.150. The minimum absolute atomic E-state index is 0.101. The van der Waals surface area contributed by atoms with Gasteiger partial charge in [-0.2, -0.15) is 0 Å². The van der Waals surface area contributed by atoms with Crippen LogP contribution in [0.15, 0.2) is 35.7 Å². The number of rotatable bonds is 4. The molecule has 0 aliphatic carbocycles. The van der Waals surface area contributed by atoms with Crippen LogP contribution in [-0.2, 0) is 11.2 Å². The molecule has 0 saturated carbocycles. The van der Waals surface area contributed by atoms with Gasteiger partial charge in [0.2, 0.25) is 5.91 Å². The third-order valence-electron chi connectivity index (χ3n) is 2.40. The van der Waals surface area contributed by atoms with E-state index in [-0.39, 0.29) is 17.9 Å². The van der Waals surface area contributed by atoms with Gasteiger partial charge in [-0.25, -0.2) is 4.79 Å². The first kappa shape index (κ1) is 13.6. The van der Waals surface area contributed by atoms with Gasteiger partial charge in [0.15, 0.2) is 0 Å². The molecular formula is C13H10ClNO3S. The molecular weight excluding hydrogens is 286 g/mol. The summed E-state index contributed by atoms with van der Waals surface area (Å²) in [5.74, 6) is -1.33. The highest BCUT2D eigenvalue weighted by atomic mass is 35.5. The van der Waals surface area contributed by atoms with Gasteiger partial charge in [0.05, 0.1) is 12.0 Å². The number of carbonyl (C=O) groups excluding carboxylic acids is 1. The lowest BCUT2D eigenvalue weighted by atomic mass is 10.1. The largest absolute Gasteiger partial charge is 0.478 e. The Labute approximate surface area is 118 Å². The maximum absolute atomic E-state index is 11.8. The number of anilines is 1. The maximum Gasteiger partial charge on any atom is 0.338 e. The molecule has 98 valence electrons. The number of benzene rings is 1. The summed E-state index contributed by atoms with van der Waals surface area (Å²) >= 11 is 7.01. The first-order valence-electron chi connectivity index (χ1n) is 5.41. The van der Waals surface area contributed by atoms with Gasteiger partial charge in [0.1, 0.15) is 5.00 Å². The van der Waals surface area contributed by atoms with Crippen molar-refractivity contribution in [3.05, 3.63) is 51.9 Å². The van der Waals surface area contributed by atoms with Gasteiger partial charge in [0.25, 0.3) is 0 Å². The van der Waals surface area contributed by atoms with Crippen LogP contribution in [0.25, 0.3) is 0 Å². The molecule has 2 N–H and O–H groups in total. The fraction of sp³-hybridized carbons (Fsp3) is 0.0769. The van der Waals surface area contributed by atoms with Crippen LogP contribution in [0.1, 0.15) is 15.9 Å².